The van der Waals surface area contributed by atoms with Crippen LogP contribution < -0.4 is 0 Å². The molecule has 0 aliphatic carbocycles. The van der Waals surface area contributed by atoms with Crippen molar-refractivity contribution in [1.82, 2.24) is 4.98 Å². The highest BCUT2D eigenvalue weighted by Gasteiger charge is 2.09. The molecular formula is C20H25N. The second-order valence-electron chi connectivity index (χ2n) is 6.04. The van der Waals surface area contributed by atoms with Gasteiger partial charge < -0.3 is 4.98 Å². The average Bonchev–Trinajstić information content (AvgIpc) is 2.87. The maximum Gasteiger partial charge on any atom is 0.0467 e. The molecule has 0 spiro atoms. The molecule has 1 heteroatoms. The first kappa shape index (κ1) is 14.2. The van der Waals surface area contributed by atoms with Gasteiger partial charge in [-0.3, -0.25) is 0 Å². The molecule has 1 aromatic heterocycles. The SMILES string of the molecule is CCCCc1cc2[nH]c3ccccc3c2cc1CCCC. The van der Waals surface area contributed by atoms with Gasteiger partial charge in [-0.1, -0.05) is 44.9 Å². The molecule has 0 saturated carbocycles. The van der Waals surface area contributed by atoms with Gasteiger partial charge in [-0.15, -0.1) is 0 Å². The van der Waals surface area contributed by atoms with E-state index < -0.39 is 0 Å². The fraction of sp³-hybridized carbons (Fsp3) is 0.400. The van der Waals surface area contributed by atoms with E-state index in [1.54, 1.807) is 11.1 Å². The molecule has 1 nitrogen and oxygen atoms in total. The normalized spacial score (nSPS) is 11.5. The Morgan fingerprint density at radius 2 is 1.43 bits per heavy atom. The van der Waals surface area contributed by atoms with Crippen molar-refractivity contribution >= 4 is 21.8 Å². The predicted molar refractivity (Wildman–Crippen MR) is 93.0 cm³/mol. The van der Waals surface area contributed by atoms with E-state index in [1.807, 2.05) is 0 Å². The molecule has 0 atom stereocenters. The lowest BCUT2D eigenvalue weighted by Crippen LogP contribution is -1.95. The second kappa shape index (κ2) is 6.34. The summed E-state index contributed by atoms with van der Waals surface area (Å²) in [5.74, 6) is 0. The number of aromatic amines is 1. The molecule has 0 bridgehead atoms. The van der Waals surface area contributed by atoms with Crippen LogP contribution in [-0.2, 0) is 12.8 Å². The molecule has 0 fully saturated rings. The van der Waals surface area contributed by atoms with Crippen LogP contribution in [0.3, 0.4) is 0 Å². The zero-order valence-corrected chi connectivity index (χ0v) is 13.2. The fourth-order valence-electron chi connectivity index (χ4n) is 3.19. The summed E-state index contributed by atoms with van der Waals surface area (Å²) in [6, 6.07) is 13.5. The lowest BCUT2D eigenvalue weighted by atomic mass is 9.95. The van der Waals surface area contributed by atoms with Gasteiger partial charge >= 0.3 is 0 Å². The van der Waals surface area contributed by atoms with Gasteiger partial charge in [0.1, 0.15) is 0 Å². The lowest BCUT2D eigenvalue weighted by molar-refractivity contribution is 0.759. The molecule has 0 saturated heterocycles. The Labute approximate surface area is 127 Å². The number of H-pyrrole nitrogens is 1. The summed E-state index contributed by atoms with van der Waals surface area (Å²) in [7, 11) is 0. The Balaban J connectivity index is 2.12. The minimum Gasteiger partial charge on any atom is -0.355 e. The third-order valence-corrected chi connectivity index (χ3v) is 4.43. The number of rotatable bonds is 6. The van der Waals surface area contributed by atoms with Crippen LogP contribution in [0.25, 0.3) is 21.8 Å². The molecule has 0 aliphatic rings. The number of unbranched alkanes of at least 4 members (excludes halogenated alkanes) is 2. The van der Waals surface area contributed by atoms with E-state index in [0.717, 1.165) is 0 Å². The first-order chi connectivity index (χ1) is 10.3. The van der Waals surface area contributed by atoms with Gasteiger partial charge in [0.25, 0.3) is 0 Å². The molecule has 0 radical (unpaired) electrons. The standard InChI is InChI=1S/C20H25N/c1-3-5-9-15-13-18-17-11-7-8-12-19(17)21-20(18)14-16(15)10-6-4-2/h7-8,11-14,21H,3-6,9-10H2,1-2H3. The van der Waals surface area contributed by atoms with Crippen molar-refractivity contribution in [2.75, 3.05) is 0 Å². The van der Waals surface area contributed by atoms with Crippen molar-refractivity contribution in [1.29, 1.82) is 0 Å². The number of hydrogen-bond donors (Lipinski definition) is 1. The van der Waals surface area contributed by atoms with Crippen LogP contribution in [0.4, 0.5) is 0 Å². The zero-order valence-electron chi connectivity index (χ0n) is 13.2. The van der Waals surface area contributed by atoms with E-state index in [0.29, 0.717) is 0 Å². The van der Waals surface area contributed by atoms with Crippen LogP contribution in [-0.4, -0.2) is 4.98 Å². The van der Waals surface area contributed by atoms with E-state index in [-0.39, 0.29) is 0 Å². The van der Waals surface area contributed by atoms with Gasteiger partial charge in [0.05, 0.1) is 0 Å². The summed E-state index contributed by atoms with van der Waals surface area (Å²) in [4.78, 5) is 3.58. The number of aromatic nitrogens is 1. The van der Waals surface area contributed by atoms with E-state index in [1.165, 1.54) is 60.3 Å². The zero-order chi connectivity index (χ0) is 14.7. The molecule has 0 unspecified atom stereocenters. The summed E-state index contributed by atoms with van der Waals surface area (Å²) in [5.41, 5.74) is 5.65. The average molecular weight is 279 g/mol. The van der Waals surface area contributed by atoms with E-state index in [2.05, 4.69) is 55.2 Å². The van der Waals surface area contributed by atoms with Gasteiger partial charge in [0.2, 0.25) is 0 Å². The van der Waals surface area contributed by atoms with Gasteiger partial charge in [-0.25, -0.2) is 0 Å². The van der Waals surface area contributed by atoms with Crippen LogP contribution in [0.5, 0.6) is 0 Å². The Morgan fingerprint density at radius 1 is 0.762 bits per heavy atom. The number of benzene rings is 2. The van der Waals surface area contributed by atoms with Crippen LogP contribution in [0.1, 0.15) is 50.7 Å². The van der Waals surface area contributed by atoms with Gasteiger partial charge in [0.15, 0.2) is 0 Å². The van der Waals surface area contributed by atoms with E-state index in [4.69, 9.17) is 0 Å². The Bertz CT molecular complexity index is 736. The Hall–Kier alpha value is -1.76. The van der Waals surface area contributed by atoms with Gasteiger partial charge in [-0.2, -0.15) is 0 Å². The smallest absolute Gasteiger partial charge is 0.0467 e. The van der Waals surface area contributed by atoms with Crippen molar-refractivity contribution in [3.63, 3.8) is 0 Å². The second-order valence-corrected chi connectivity index (χ2v) is 6.04. The Morgan fingerprint density at radius 3 is 2.14 bits per heavy atom. The van der Waals surface area contributed by atoms with Crippen LogP contribution in [0, 0.1) is 0 Å². The molecule has 1 heterocycles. The fourth-order valence-corrected chi connectivity index (χ4v) is 3.19. The maximum absolute atomic E-state index is 3.58. The summed E-state index contributed by atoms with van der Waals surface area (Å²) in [6.45, 7) is 4.54. The van der Waals surface area contributed by atoms with Crippen molar-refractivity contribution in [3.05, 3.63) is 47.5 Å². The molecule has 3 rings (SSSR count). The molecule has 2 aromatic carbocycles. The summed E-state index contributed by atoms with van der Waals surface area (Å²) in [5, 5.41) is 2.74. The first-order valence-corrected chi connectivity index (χ1v) is 8.35. The third-order valence-electron chi connectivity index (χ3n) is 4.43. The van der Waals surface area contributed by atoms with E-state index >= 15 is 0 Å². The number of nitrogens with one attached hydrogen (secondary N) is 1. The Kier molecular flexibility index (Phi) is 4.28. The molecule has 3 aromatic rings. The first-order valence-electron chi connectivity index (χ1n) is 8.35. The predicted octanol–water partition coefficient (Wildman–Crippen LogP) is 6.01. The van der Waals surface area contributed by atoms with Gasteiger partial charge in [0, 0.05) is 21.8 Å². The van der Waals surface area contributed by atoms with Gasteiger partial charge in [-0.05, 0) is 55.0 Å². The number of fused-ring (bicyclic) bond motifs is 3. The van der Waals surface area contributed by atoms with Crippen molar-refractivity contribution in [2.45, 2.75) is 52.4 Å². The summed E-state index contributed by atoms with van der Waals surface area (Å²) < 4.78 is 0. The monoisotopic (exact) mass is 279 g/mol. The van der Waals surface area contributed by atoms with Crippen LogP contribution >= 0.6 is 0 Å². The third kappa shape index (κ3) is 2.83. The van der Waals surface area contributed by atoms with Crippen molar-refractivity contribution in [2.24, 2.45) is 0 Å². The van der Waals surface area contributed by atoms with Crippen molar-refractivity contribution in [3.8, 4) is 0 Å². The van der Waals surface area contributed by atoms with Crippen LogP contribution in [0.15, 0.2) is 36.4 Å². The molecule has 0 amide bonds. The molecule has 21 heavy (non-hydrogen) atoms. The number of hydrogen-bond acceptors (Lipinski definition) is 0. The topological polar surface area (TPSA) is 15.8 Å². The highest BCUT2D eigenvalue weighted by molar-refractivity contribution is 6.07. The molecule has 0 aliphatic heterocycles. The van der Waals surface area contributed by atoms with Crippen molar-refractivity contribution < 1.29 is 0 Å². The lowest BCUT2D eigenvalue weighted by Gasteiger charge is -2.10. The number of aryl methyl sites for hydroxylation is 2. The number of para-hydroxylation sites is 1. The maximum atomic E-state index is 3.58. The largest absolute Gasteiger partial charge is 0.355 e. The minimum atomic E-state index is 1.21. The van der Waals surface area contributed by atoms with Crippen LogP contribution in [0.2, 0.25) is 0 Å². The quantitative estimate of drug-likeness (QED) is 0.569. The van der Waals surface area contributed by atoms with E-state index in [9.17, 15) is 0 Å². The molecular weight excluding hydrogens is 254 g/mol. The molecule has 110 valence electrons. The summed E-state index contributed by atoms with van der Waals surface area (Å²) >= 11 is 0. The summed E-state index contributed by atoms with van der Waals surface area (Å²) in [6.07, 6.45) is 7.51. The minimum absolute atomic E-state index is 1.21. The highest BCUT2D eigenvalue weighted by atomic mass is 14.7. The highest BCUT2D eigenvalue weighted by Crippen LogP contribution is 2.29. The molecule has 1 N–H and O–H groups in total.